The number of hydrogen-bond donors (Lipinski definition) is 1. The van der Waals surface area contributed by atoms with Gasteiger partial charge in [-0.05, 0) is 24.6 Å². The molecule has 0 saturated carbocycles. The maximum absolute atomic E-state index is 13.1. The third-order valence-corrected chi connectivity index (χ3v) is 3.17. The Labute approximate surface area is 115 Å². The number of hydrogen-bond acceptors (Lipinski definition) is 3. The zero-order valence-corrected chi connectivity index (χ0v) is 11.4. The zero-order valence-electron chi connectivity index (χ0n) is 10.6. The second kappa shape index (κ2) is 5.59. The monoisotopic (exact) mass is 284 g/mol. The molecule has 1 aromatic carbocycles. The predicted octanol–water partition coefficient (Wildman–Crippen LogP) is 2.79. The molecule has 102 valence electrons. The Kier molecular flexibility index (Phi) is 4.07. The average molecular weight is 285 g/mol. The molecule has 0 spiro atoms. The van der Waals surface area contributed by atoms with Gasteiger partial charge in [-0.1, -0.05) is 17.7 Å². The second-order valence-electron chi connectivity index (χ2n) is 3.99. The molecule has 1 aromatic heterocycles. The Balaban J connectivity index is 2.45. The molecule has 0 amide bonds. The summed E-state index contributed by atoms with van der Waals surface area (Å²) in [4.78, 5) is 0. The van der Waals surface area contributed by atoms with Gasteiger partial charge in [0.05, 0.1) is 18.3 Å². The van der Waals surface area contributed by atoms with Crippen molar-refractivity contribution in [3.63, 3.8) is 0 Å². The summed E-state index contributed by atoms with van der Waals surface area (Å²) < 4.78 is 19.9. The van der Waals surface area contributed by atoms with E-state index in [2.05, 4.69) is 5.10 Å². The van der Waals surface area contributed by atoms with Crippen molar-refractivity contribution < 1.29 is 14.2 Å². The van der Waals surface area contributed by atoms with Gasteiger partial charge in [0.15, 0.2) is 5.75 Å². The van der Waals surface area contributed by atoms with Gasteiger partial charge in [0, 0.05) is 6.54 Å². The number of aryl methyl sites for hydroxylation is 1. The SMILES string of the molecule is CCn1ncc(OC)c1C(O)c1ccc(F)c(Cl)c1. The van der Waals surface area contributed by atoms with E-state index in [9.17, 15) is 9.50 Å². The molecule has 1 N–H and O–H groups in total. The molecule has 0 aliphatic heterocycles. The maximum Gasteiger partial charge on any atom is 0.163 e. The van der Waals surface area contributed by atoms with Crippen molar-refractivity contribution in [2.24, 2.45) is 0 Å². The van der Waals surface area contributed by atoms with E-state index in [0.29, 0.717) is 23.6 Å². The maximum atomic E-state index is 13.1. The largest absolute Gasteiger partial charge is 0.493 e. The van der Waals surface area contributed by atoms with Crippen molar-refractivity contribution in [1.82, 2.24) is 9.78 Å². The van der Waals surface area contributed by atoms with Crippen LogP contribution in [-0.2, 0) is 6.54 Å². The summed E-state index contributed by atoms with van der Waals surface area (Å²) in [5.74, 6) is -0.0385. The lowest BCUT2D eigenvalue weighted by Crippen LogP contribution is -2.10. The first kappa shape index (κ1) is 13.8. The van der Waals surface area contributed by atoms with Crippen LogP contribution in [0.1, 0.15) is 24.3 Å². The van der Waals surface area contributed by atoms with Gasteiger partial charge in [-0.3, -0.25) is 4.68 Å². The van der Waals surface area contributed by atoms with Crippen molar-refractivity contribution in [3.8, 4) is 5.75 Å². The molecule has 19 heavy (non-hydrogen) atoms. The van der Waals surface area contributed by atoms with Gasteiger partial charge >= 0.3 is 0 Å². The predicted molar refractivity (Wildman–Crippen MR) is 69.9 cm³/mol. The summed E-state index contributed by atoms with van der Waals surface area (Å²) in [5.41, 5.74) is 1.01. The first-order valence-corrected chi connectivity index (χ1v) is 6.19. The summed E-state index contributed by atoms with van der Waals surface area (Å²) >= 11 is 5.73. The molecule has 2 aromatic rings. The van der Waals surface area contributed by atoms with Crippen molar-refractivity contribution in [3.05, 3.63) is 46.5 Å². The van der Waals surface area contributed by atoms with E-state index < -0.39 is 11.9 Å². The minimum absolute atomic E-state index is 0.0296. The van der Waals surface area contributed by atoms with E-state index in [4.69, 9.17) is 16.3 Å². The van der Waals surface area contributed by atoms with E-state index >= 15 is 0 Å². The van der Waals surface area contributed by atoms with E-state index in [1.54, 1.807) is 4.68 Å². The molecule has 0 fully saturated rings. The molecule has 0 aliphatic carbocycles. The number of aliphatic hydroxyl groups excluding tert-OH is 1. The second-order valence-corrected chi connectivity index (χ2v) is 4.40. The van der Waals surface area contributed by atoms with E-state index in [0.717, 1.165) is 0 Å². The standard InChI is InChI=1S/C13H14ClFN2O2/c1-3-17-12(11(19-2)7-16-17)13(18)8-4-5-10(15)9(14)6-8/h4-7,13,18H,3H2,1-2H3. The van der Waals surface area contributed by atoms with Gasteiger partial charge in [0.1, 0.15) is 17.6 Å². The third kappa shape index (κ3) is 2.57. The number of rotatable bonds is 4. The highest BCUT2D eigenvalue weighted by atomic mass is 35.5. The third-order valence-electron chi connectivity index (χ3n) is 2.88. The lowest BCUT2D eigenvalue weighted by Gasteiger charge is -2.15. The van der Waals surface area contributed by atoms with Crippen molar-refractivity contribution >= 4 is 11.6 Å². The van der Waals surface area contributed by atoms with Crippen LogP contribution in [0.5, 0.6) is 5.75 Å². The van der Waals surface area contributed by atoms with Crippen LogP contribution in [0.2, 0.25) is 5.02 Å². The molecule has 6 heteroatoms. The van der Waals surface area contributed by atoms with Gasteiger partial charge < -0.3 is 9.84 Å². The fraction of sp³-hybridized carbons (Fsp3) is 0.308. The van der Waals surface area contributed by atoms with Gasteiger partial charge in [0.2, 0.25) is 0 Å². The van der Waals surface area contributed by atoms with E-state index in [1.165, 1.54) is 31.5 Å². The summed E-state index contributed by atoms with van der Waals surface area (Å²) in [5, 5.41) is 14.5. The quantitative estimate of drug-likeness (QED) is 0.939. The van der Waals surface area contributed by atoms with Crippen LogP contribution < -0.4 is 4.74 Å². The zero-order chi connectivity index (χ0) is 14.0. The average Bonchev–Trinajstić information content (AvgIpc) is 2.83. The molecule has 4 nitrogen and oxygen atoms in total. The molecular formula is C13H14ClFN2O2. The number of aromatic nitrogens is 2. The van der Waals surface area contributed by atoms with E-state index in [1.807, 2.05) is 6.92 Å². The molecule has 0 bridgehead atoms. The number of ether oxygens (including phenoxy) is 1. The summed E-state index contributed by atoms with van der Waals surface area (Å²) in [6.07, 6.45) is 0.559. The molecule has 0 saturated heterocycles. The van der Waals surface area contributed by atoms with E-state index in [-0.39, 0.29) is 5.02 Å². The number of halogens is 2. The van der Waals surface area contributed by atoms with Gasteiger partial charge in [0.25, 0.3) is 0 Å². The minimum atomic E-state index is -0.976. The molecular weight excluding hydrogens is 271 g/mol. The van der Waals surface area contributed by atoms with Crippen LogP contribution >= 0.6 is 11.6 Å². The number of benzene rings is 1. The molecule has 1 heterocycles. The first-order chi connectivity index (χ1) is 9.08. The normalized spacial score (nSPS) is 12.5. The Morgan fingerprint density at radius 3 is 2.84 bits per heavy atom. The Hall–Kier alpha value is -1.59. The van der Waals surface area contributed by atoms with Crippen molar-refractivity contribution in [1.29, 1.82) is 0 Å². The van der Waals surface area contributed by atoms with Crippen molar-refractivity contribution in [2.45, 2.75) is 19.6 Å². The highest BCUT2D eigenvalue weighted by Gasteiger charge is 2.21. The minimum Gasteiger partial charge on any atom is -0.493 e. The summed E-state index contributed by atoms with van der Waals surface area (Å²) in [6, 6.07) is 4.10. The lowest BCUT2D eigenvalue weighted by molar-refractivity contribution is 0.202. The Morgan fingerprint density at radius 1 is 1.53 bits per heavy atom. The van der Waals surface area contributed by atoms with Gasteiger partial charge in [-0.2, -0.15) is 5.10 Å². The highest BCUT2D eigenvalue weighted by molar-refractivity contribution is 6.30. The Bertz CT molecular complexity index is 565. The highest BCUT2D eigenvalue weighted by Crippen LogP contribution is 2.31. The smallest absolute Gasteiger partial charge is 0.163 e. The van der Waals surface area contributed by atoms with Crippen molar-refractivity contribution in [2.75, 3.05) is 7.11 Å². The molecule has 0 radical (unpaired) electrons. The number of methoxy groups -OCH3 is 1. The molecule has 0 aliphatic rings. The van der Waals surface area contributed by atoms with Crippen LogP contribution in [0.3, 0.4) is 0 Å². The molecule has 2 rings (SSSR count). The van der Waals surface area contributed by atoms with Gasteiger partial charge in [-0.25, -0.2) is 4.39 Å². The number of nitrogens with zero attached hydrogens (tertiary/aromatic N) is 2. The fourth-order valence-electron chi connectivity index (χ4n) is 1.90. The fourth-order valence-corrected chi connectivity index (χ4v) is 2.09. The van der Waals surface area contributed by atoms with Crippen LogP contribution in [0, 0.1) is 5.82 Å². The summed E-state index contributed by atoms with van der Waals surface area (Å²) in [6.45, 7) is 2.49. The first-order valence-electron chi connectivity index (χ1n) is 5.81. The van der Waals surface area contributed by atoms with Crippen LogP contribution in [0.4, 0.5) is 4.39 Å². The van der Waals surface area contributed by atoms with Crippen LogP contribution in [0.15, 0.2) is 24.4 Å². The van der Waals surface area contributed by atoms with Crippen LogP contribution in [0.25, 0.3) is 0 Å². The number of aliphatic hydroxyl groups is 1. The summed E-state index contributed by atoms with van der Waals surface area (Å²) in [7, 11) is 1.50. The van der Waals surface area contributed by atoms with Gasteiger partial charge in [-0.15, -0.1) is 0 Å². The lowest BCUT2D eigenvalue weighted by atomic mass is 10.1. The molecule has 1 unspecified atom stereocenters. The Morgan fingerprint density at radius 2 is 2.26 bits per heavy atom. The topological polar surface area (TPSA) is 47.3 Å². The molecule has 1 atom stereocenters. The van der Waals surface area contributed by atoms with Crippen LogP contribution in [-0.4, -0.2) is 22.0 Å².